The molecule has 2 aliphatic rings. The molecule has 2 heterocycles. The minimum atomic E-state index is -3.08. The fraction of sp³-hybridized carbons (Fsp3) is 0.650. The number of rotatable bonds is 4. The second-order valence-electron chi connectivity index (χ2n) is 8.27. The Hall–Kier alpha value is -1.40. The summed E-state index contributed by atoms with van der Waals surface area (Å²) in [6.45, 7) is 3.67. The highest BCUT2D eigenvalue weighted by atomic mass is 32.2. The minimum Gasteiger partial charge on any atom is -0.343 e. The Morgan fingerprint density at radius 1 is 1.19 bits per heavy atom. The third kappa shape index (κ3) is 4.86. The summed E-state index contributed by atoms with van der Waals surface area (Å²) in [5, 5.41) is 0. The van der Waals surface area contributed by atoms with Crippen LogP contribution in [0.15, 0.2) is 30.3 Å². The fourth-order valence-corrected chi connectivity index (χ4v) is 5.18. The molecule has 1 amide bonds. The second kappa shape index (κ2) is 7.69. The van der Waals surface area contributed by atoms with E-state index in [-0.39, 0.29) is 23.5 Å². The summed E-state index contributed by atoms with van der Waals surface area (Å²) < 4.78 is 22.6. The van der Waals surface area contributed by atoms with Crippen molar-refractivity contribution in [2.24, 2.45) is 5.41 Å². The van der Waals surface area contributed by atoms with Gasteiger partial charge in [0.1, 0.15) is 9.84 Å². The van der Waals surface area contributed by atoms with Gasteiger partial charge >= 0.3 is 0 Å². The van der Waals surface area contributed by atoms with E-state index in [0.29, 0.717) is 5.92 Å². The first-order valence-corrected chi connectivity index (χ1v) is 11.5. The van der Waals surface area contributed by atoms with Crippen LogP contribution in [0.1, 0.15) is 37.2 Å². The Balaban J connectivity index is 1.61. The van der Waals surface area contributed by atoms with Gasteiger partial charge in [0.2, 0.25) is 5.91 Å². The predicted molar refractivity (Wildman–Crippen MR) is 104 cm³/mol. The van der Waals surface area contributed by atoms with Crippen molar-refractivity contribution < 1.29 is 13.2 Å². The largest absolute Gasteiger partial charge is 0.343 e. The molecule has 144 valence electrons. The summed E-state index contributed by atoms with van der Waals surface area (Å²) in [6, 6.07) is 10.7. The van der Waals surface area contributed by atoms with Crippen LogP contribution in [0.4, 0.5) is 0 Å². The zero-order chi connectivity index (χ0) is 18.8. The van der Waals surface area contributed by atoms with Crippen molar-refractivity contribution in [3.8, 4) is 0 Å². The highest BCUT2D eigenvalue weighted by Crippen LogP contribution is 2.44. The number of likely N-dealkylation sites (tertiary alicyclic amines) is 2. The molecule has 2 fully saturated rings. The Kier molecular flexibility index (Phi) is 5.72. The molecule has 0 bridgehead atoms. The van der Waals surface area contributed by atoms with Crippen LogP contribution in [0.3, 0.4) is 0 Å². The Bertz CT molecular complexity index is 725. The van der Waals surface area contributed by atoms with Crippen molar-refractivity contribution in [3.05, 3.63) is 35.9 Å². The minimum absolute atomic E-state index is 0.0194. The summed E-state index contributed by atoms with van der Waals surface area (Å²) in [6.07, 6.45) is 4.48. The topological polar surface area (TPSA) is 57.7 Å². The smallest absolute Gasteiger partial charge is 0.223 e. The maximum atomic E-state index is 12.3. The van der Waals surface area contributed by atoms with E-state index in [2.05, 4.69) is 42.3 Å². The molecule has 3 rings (SSSR count). The fourth-order valence-electron chi connectivity index (χ4n) is 4.64. The number of amides is 1. The normalized spacial score (nSPS) is 23.9. The van der Waals surface area contributed by atoms with Gasteiger partial charge in [0, 0.05) is 38.9 Å². The van der Waals surface area contributed by atoms with Crippen molar-refractivity contribution in [1.29, 1.82) is 0 Å². The van der Waals surface area contributed by atoms with Gasteiger partial charge in [0.15, 0.2) is 0 Å². The van der Waals surface area contributed by atoms with Gasteiger partial charge in [-0.15, -0.1) is 0 Å². The number of carbonyl (C=O) groups excluding carboxylic acids is 1. The van der Waals surface area contributed by atoms with Crippen LogP contribution >= 0.6 is 0 Å². The number of benzene rings is 1. The number of nitrogens with zero attached hydrogens (tertiary/aromatic N) is 2. The average Bonchev–Trinajstić information content (AvgIpc) is 2.60. The van der Waals surface area contributed by atoms with Crippen molar-refractivity contribution in [1.82, 2.24) is 9.80 Å². The monoisotopic (exact) mass is 378 g/mol. The van der Waals surface area contributed by atoms with Gasteiger partial charge in [-0.1, -0.05) is 30.3 Å². The van der Waals surface area contributed by atoms with Gasteiger partial charge in [0.05, 0.1) is 5.75 Å². The van der Waals surface area contributed by atoms with E-state index < -0.39 is 9.84 Å². The number of sulfone groups is 1. The van der Waals surface area contributed by atoms with Gasteiger partial charge in [0.25, 0.3) is 0 Å². The van der Waals surface area contributed by atoms with Crippen LogP contribution in [0, 0.1) is 5.41 Å². The van der Waals surface area contributed by atoms with Crippen LogP contribution in [0.5, 0.6) is 0 Å². The lowest BCUT2D eigenvalue weighted by Gasteiger charge is -2.49. The molecule has 0 radical (unpaired) electrons. The van der Waals surface area contributed by atoms with E-state index in [1.807, 2.05) is 4.90 Å². The van der Waals surface area contributed by atoms with Crippen LogP contribution in [-0.4, -0.2) is 69.4 Å². The Labute approximate surface area is 157 Å². The maximum absolute atomic E-state index is 12.3. The van der Waals surface area contributed by atoms with Crippen LogP contribution in [0.25, 0.3) is 0 Å². The molecule has 2 saturated heterocycles. The van der Waals surface area contributed by atoms with E-state index in [9.17, 15) is 13.2 Å². The molecule has 26 heavy (non-hydrogen) atoms. The number of hydrogen-bond acceptors (Lipinski definition) is 4. The van der Waals surface area contributed by atoms with Crippen LogP contribution in [0.2, 0.25) is 0 Å². The summed E-state index contributed by atoms with van der Waals surface area (Å²) in [5.74, 6) is 0.475. The molecule has 0 aliphatic carbocycles. The van der Waals surface area contributed by atoms with Gasteiger partial charge in [-0.25, -0.2) is 8.42 Å². The second-order valence-corrected chi connectivity index (χ2v) is 10.5. The molecule has 2 aliphatic heterocycles. The molecule has 1 aromatic rings. The molecule has 5 nitrogen and oxygen atoms in total. The third-order valence-electron chi connectivity index (χ3n) is 5.95. The zero-order valence-corrected chi connectivity index (χ0v) is 16.7. The lowest BCUT2D eigenvalue weighted by molar-refractivity contribution is -0.133. The van der Waals surface area contributed by atoms with Crippen molar-refractivity contribution in [2.45, 2.75) is 31.6 Å². The van der Waals surface area contributed by atoms with E-state index >= 15 is 0 Å². The van der Waals surface area contributed by atoms with E-state index in [4.69, 9.17) is 0 Å². The first kappa shape index (κ1) is 19.4. The molecule has 1 atom stereocenters. The van der Waals surface area contributed by atoms with E-state index in [0.717, 1.165) is 39.0 Å². The lowest BCUT2D eigenvalue weighted by Crippen LogP contribution is -2.51. The first-order valence-electron chi connectivity index (χ1n) is 9.45. The average molecular weight is 379 g/mol. The molecular formula is C20H30N2O3S. The summed E-state index contributed by atoms with van der Waals surface area (Å²) in [4.78, 5) is 16.6. The molecule has 0 saturated carbocycles. The highest BCUT2D eigenvalue weighted by Gasteiger charge is 2.41. The van der Waals surface area contributed by atoms with Crippen LogP contribution in [-0.2, 0) is 14.6 Å². The summed E-state index contributed by atoms with van der Waals surface area (Å²) in [5.41, 5.74) is 1.67. The predicted octanol–water partition coefficient (Wildman–Crippen LogP) is 2.15. The molecule has 0 N–H and O–H groups in total. The highest BCUT2D eigenvalue weighted by molar-refractivity contribution is 7.90. The molecule has 6 heteroatoms. The number of piperidine rings is 2. The SMILES string of the molecule is CN1C[C@H](c2ccccc2)CC2(CCN(C(=O)CCS(C)(=O)=O)CC2)C1. The van der Waals surface area contributed by atoms with Gasteiger partial charge in [-0.2, -0.15) is 0 Å². The first-order chi connectivity index (χ1) is 12.3. The molecule has 0 aromatic heterocycles. The molecular weight excluding hydrogens is 348 g/mol. The number of carbonyl (C=O) groups is 1. The lowest BCUT2D eigenvalue weighted by atomic mass is 9.68. The molecule has 0 unspecified atom stereocenters. The van der Waals surface area contributed by atoms with Crippen molar-refractivity contribution in [2.75, 3.05) is 45.2 Å². The summed E-state index contributed by atoms with van der Waals surface area (Å²) >= 11 is 0. The van der Waals surface area contributed by atoms with Crippen LogP contribution < -0.4 is 0 Å². The van der Waals surface area contributed by atoms with E-state index in [1.54, 1.807) is 0 Å². The maximum Gasteiger partial charge on any atom is 0.223 e. The summed E-state index contributed by atoms with van der Waals surface area (Å²) in [7, 11) is -0.889. The molecule has 1 aromatic carbocycles. The molecule has 1 spiro atoms. The van der Waals surface area contributed by atoms with Gasteiger partial charge in [-0.05, 0) is 43.2 Å². The third-order valence-corrected chi connectivity index (χ3v) is 6.90. The number of likely N-dealkylation sites (N-methyl/N-ethyl adjacent to an activating group) is 1. The Morgan fingerprint density at radius 2 is 1.85 bits per heavy atom. The number of hydrogen-bond donors (Lipinski definition) is 0. The van der Waals surface area contributed by atoms with Crippen molar-refractivity contribution >= 4 is 15.7 Å². The van der Waals surface area contributed by atoms with E-state index in [1.165, 1.54) is 18.2 Å². The van der Waals surface area contributed by atoms with Gasteiger partial charge in [-0.3, -0.25) is 4.79 Å². The van der Waals surface area contributed by atoms with Crippen molar-refractivity contribution in [3.63, 3.8) is 0 Å². The standard InChI is InChI=1S/C20H30N2O3S/c1-21-15-18(17-6-4-3-5-7-17)14-20(16-21)9-11-22(12-10-20)19(23)8-13-26(2,24)25/h3-7,18H,8-16H2,1-2H3/t18-/m1/s1. The zero-order valence-electron chi connectivity index (χ0n) is 15.9. The van der Waals surface area contributed by atoms with Gasteiger partial charge < -0.3 is 9.80 Å². The quantitative estimate of drug-likeness (QED) is 0.806. The Morgan fingerprint density at radius 3 is 2.46 bits per heavy atom.